The van der Waals surface area contributed by atoms with Gasteiger partial charge in [-0.15, -0.1) is 0 Å². The number of hydrogen-bond acceptors (Lipinski definition) is 6. The molecule has 12 heteroatoms. The van der Waals surface area contributed by atoms with E-state index in [0.717, 1.165) is 4.90 Å². The van der Waals surface area contributed by atoms with Crippen molar-refractivity contribution >= 4 is 85.7 Å². The third-order valence-corrected chi connectivity index (χ3v) is 6.67. The molecule has 0 aliphatic carbocycles. The zero-order chi connectivity index (χ0) is 26.0. The molecule has 3 aromatic rings. The second-order valence-electron chi connectivity index (χ2n) is 7.43. The number of nitrogens with zero attached hydrogens (tertiary/aromatic N) is 2. The molecule has 0 saturated carbocycles. The number of nitro benzene ring substituents is 1. The molecule has 0 spiro atoms. The molecule has 3 aromatic carbocycles. The number of nitro groups is 1. The molecule has 182 valence electrons. The Balaban J connectivity index is 1.66. The third-order valence-electron chi connectivity index (χ3n) is 5.09. The monoisotopic (exact) mass is 605 g/mol. The molecule has 0 unspecified atom stereocenters. The molecule has 1 fully saturated rings. The summed E-state index contributed by atoms with van der Waals surface area (Å²) in [5.74, 6) is -0.986. The topological polar surface area (TPSA) is 102 Å². The lowest BCUT2D eigenvalue weighted by Crippen LogP contribution is -2.54. The lowest BCUT2D eigenvalue weighted by atomic mass is 10.1. The van der Waals surface area contributed by atoms with Crippen molar-refractivity contribution in [3.8, 4) is 5.75 Å². The van der Waals surface area contributed by atoms with Crippen molar-refractivity contribution in [3.63, 3.8) is 0 Å². The minimum atomic E-state index is -0.686. The highest BCUT2D eigenvalue weighted by Crippen LogP contribution is 2.35. The maximum Gasteiger partial charge on any atom is 0.270 e. The van der Waals surface area contributed by atoms with Crippen molar-refractivity contribution in [3.05, 3.63) is 102 Å². The van der Waals surface area contributed by atoms with E-state index in [9.17, 15) is 19.7 Å². The number of benzene rings is 3. The summed E-state index contributed by atoms with van der Waals surface area (Å²) >= 11 is 21.0. The van der Waals surface area contributed by atoms with Crippen LogP contribution in [-0.2, 0) is 16.2 Å². The Morgan fingerprint density at radius 2 is 1.83 bits per heavy atom. The first kappa shape index (κ1) is 25.8. The fraction of sp³-hybridized carbons (Fsp3) is 0.0417. The molecule has 1 heterocycles. The van der Waals surface area contributed by atoms with Crippen molar-refractivity contribution in [1.82, 2.24) is 5.32 Å². The molecule has 0 atom stereocenters. The Morgan fingerprint density at radius 1 is 1.11 bits per heavy atom. The number of halogens is 3. The van der Waals surface area contributed by atoms with E-state index >= 15 is 0 Å². The Morgan fingerprint density at radius 3 is 2.53 bits per heavy atom. The summed E-state index contributed by atoms with van der Waals surface area (Å²) in [5, 5.41) is 13.6. The average molecular weight is 607 g/mol. The van der Waals surface area contributed by atoms with Crippen LogP contribution in [0.5, 0.6) is 5.75 Å². The molecular formula is C24H14BrCl2N3O5S. The normalized spacial score (nSPS) is 14.7. The Labute approximate surface area is 228 Å². The van der Waals surface area contributed by atoms with Crippen LogP contribution in [0.15, 0.2) is 70.7 Å². The summed E-state index contributed by atoms with van der Waals surface area (Å²) < 4.78 is 6.59. The van der Waals surface area contributed by atoms with Crippen LogP contribution in [0.2, 0.25) is 10.0 Å². The van der Waals surface area contributed by atoms with E-state index in [-0.39, 0.29) is 38.7 Å². The Hall–Kier alpha value is -3.31. The van der Waals surface area contributed by atoms with Crippen LogP contribution in [0.1, 0.15) is 11.1 Å². The summed E-state index contributed by atoms with van der Waals surface area (Å²) in [7, 11) is 0. The fourth-order valence-electron chi connectivity index (χ4n) is 3.34. The van der Waals surface area contributed by atoms with Gasteiger partial charge >= 0.3 is 0 Å². The van der Waals surface area contributed by atoms with Gasteiger partial charge in [0.2, 0.25) is 0 Å². The zero-order valence-electron chi connectivity index (χ0n) is 18.0. The first-order valence-electron chi connectivity index (χ1n) is 10.2. The van der Waals surface area contributed by atoms with Crippen LogP contribution in [0.25, 0.3) is 6.08 Å². The lowest BCUT2D eigenvalue weighted by molar-refractivity contribution is -0.384. The number of rotatable bonds is 6. The molecule has 0 bridgehead atoms. The van der Waals surface area contributed by atoms with Gasteiger partial charge in [-0.1, -0.05) is 45.2 Å². The summed E-state index contributed by atoms with van der Waals surface area (Å²) in [6.07, 6.45) is 1.39. The van der Waals surface area contributed by atoms with Gasteiger partial charge in [0.05, 0.1) is 20.7 Å². The highest BCUT2D eigenvalue weighted by atomic mass is 79.9. The Bertz CT molecular complexity index is 1450. The number of carbonyl (C=O) groups excluding carboxylic acids is 2. The quantitative estimate of drug-likeness (QED) is 0.120. The lowest BCUT2D eigenvalue weighted by Gasteiger charge is -2.29. The van der Waals surface area contributed by atoms with Crippen molar-refractivity contribution in [2.45, 2.75) is 6.61 Å². The van der Waals surface area contributed by atoms with Crippen LogP contribution < -0.4 is 15.0 Å². The van der Waals surface area contributed by atoms with E-state index < -0.39 is 16.7 Å². The third kappa shape index (κ3) is 5.41. The number of amides is 2. The smallest absolute Gasteiger partial charge is 0.270 e. The second-order valence-corrected chi connectivity index (χ2v) is 9.51. The van der Waals surface area contributed by atoms with Crippen LogP contribution in [0.4, 0.5) is 11.4 Å². The van der Waals surface area contributed by atoms with Crippen LogP contribution >= 0.6 is 51.3 Å². The number of anilines is 1. The molecule has 0 aromatic heterocycles. The number of non-ortho nitro benzene ring substituents is 1. The second kappa shape index (κ2) is 10.8. The number of thiocarbonyl (C=S) groups is 1. The predicted octanol–water partition coefficient (Wildman–Crippen LogP) is 6.07. The molecule has 8 nitrogen and oxygen atoms in total. The highest BCUT2D eigenvalue weighted by Gasteiger charge is 2.36. The van der Waals surface area contributed by atoms with E-state index in [0.29, 0.717) is 21.3 Å². The van der Waals surface area contributed by atoms with Gasteiger partial charge in [-0.3, -0.25) is 29.9 Å². The van der Waals surface area contributed by atoms with E-state index in [1.807, 2.05) is 0 Å². The van der Waals surface area contributed by atoms with Gasteiger partial charge in [-0.2, -0.15) is 0 Å². The molecule has 4 rings (SSSR count). The number of ether oxygens (including phenoxy) is 1. The van der Waals surface area contributed by atoms with Gasteiger partial charge in [-0.25, -0.2) is 0 Å². The summed E-state index contributed by atoms with van der Waals surface area (Å²) in [4.78, 5) is 37.6. The molecule has 1 aliphatic rings. The first-order chi connectivity index (χ1) is 17.2. The van der Waals surface area contributed by atoms with Crippen LogP contribution in [0.3, 0.4) is 0 Å². The van der Waals surface area contributed by atoms with Crippen LogP contribution in [0, 0.1) is 10.1 Å². The predicted molar refractivity (Wildman–Crippen MR) is 144 cm³/mol. The number of carbonyl (C=O) groups is 2. The molecule has 36 heavy (non-hydrogen) atoms. The maximum absolute atomic E-state index is 13.4. The average Bonchev–Trinajstić information content (AvgIpc) is 2.84. The van der Waals surface area contributed by atoms with Gasteiger partial charge in [0, 0.05) is 22.2 Å². The van der Waals surface area contributed by atoms with Gasteiger partial charge in [0.25, 0.3) is 17.5 Å². The SMILES string of the molecule is O=C1NC(=S)N(c2cccc(Cl)c2Cl)C(=O)/C1=C/c1cc(Br)ccc1OCc1ccc([N+](=O)[O-])cc1. The van der Waals surface area contributed by atoms with Crippen molar-refractivity contribution in [2.75, 3.05) is 4.90 Å². The molecule has 1 N–H and O–H groups in total. The molecular weight excluding hydrogens is 593 g/mol. The Kier molecular flexibility index (Phi) is 7.70. The fourth-order valence-corrected chi connectivity index (χ4v) is 4.37. The van der Waals surface area contributed by atoms with Crippen LogP contribution in [-0.4, -0.2) is 21.9 Å². The summed E-state index contributed by atoms with van der Waals surface area (Å²) in [6.45, 7) is 0.101. The maximum atomic E-state index is 13.4. The summed E-state index contributed by atoms with van der Waals surface area (Å²) in [6, 6.07) is 15.8. The van der Waals surface area contributed by atoms with Gasteiger partial charge in [0.1, 0.15) is 17.9 Å². The standard InChI is InChI=1S/C24H14BrCl2N3O5S/c25-15-6-9-20(35-12-13-4-7-16(8-5-13)30(33)34)14(10-15)11-17-22(31)28-24(36)29(23(17)32)19-3-1-2-18(26)21(19)27/h1-11H,12H2,(H,28,31,36)/b17-11+. The minimum absolute atomic E-state index is 0.0306. The summed E-state index contributed by atoms with van der Waals surface area (Å²) in [5.41, 5.74) is 1.14. The van der Waals surface area contributed by atoms with Gasteiger partial charge in [0.15, 0.2) is 5.11 Å². The molecule has 2 amide bonds. The largest absolute Gasteiger partial charge is 0.488 e. The minimum Gasteiger partial charge on any atom is -0.488 e. The van der Waals surface area contributed by atoms with E-state index in [2.05, 4.69) is 21.2 Å². The molecule has 0 radical (unpaired) electrons. The van der Waals surface area contributed by atoms with E-state index in [1.54, 1.807) is 48.5 Å². The highest BCUT2D eigenvalue weighted by molar-refractivity contribution is 9.10. The molecule has 1 aliphatic heterocycles. The van der Waals surface area contributed by atoms with Crippen molar-refractivity contribution < 1.29 is 19.2 Å². The van der Waals surface area contributed by atoms with E-state index in [1.165, 1.54) is 18.2 Å². The first-order valence-corrected chi connectivity index (χ1v) is 12.1. The van der Waals surface area contributed by atoms with Gasteiger partial charge < -0.3 is 4.74 Å². The van der Waals surface area contributed by atoms with Crippen molar-refractivity contribution in [1.29, 1.82) is 0 Å². The number of hydrogen-bond donors (Lipinski definition) is 1. The van der Waals surface area contributed by atoms with Gasteiger partial charge in [-0.05, 0) is 66.3 Å². The zero-order valence-corrected chi connectivity index (χ0v) is 22.0. The number of nitrogens with one attached hydrogen (secondary N) is 1. The van der Waals surface area contributed by atoms with Crippen molar-refractivity contribution in [2.24, 2.45) is 0 Å². The molecule has 1 saturated heterocycles. The van der Waals surface area contributed by atoms with E-state index in [4.69, 9.17) is 40.2 Å².